The van der Waals surface area contributed by atoms with E-state index in [1.54, 1.807) is 19.9 Å². The number of nitrogens with one attached hydrogen (secondary N) is 2. The fourth-order valence-electron chi connectivity index (χ4n) is 3.98. The molecule has 0 spiro atoms. The molecule has 0 aliphatic carbocycles. The molecule has 5 atom stereocenters. The number of hydrogen-bond acceptors (Lipinski definition) is 5. The summed E-state index contributed by atoms with van der Waals surface area (Å²) < 4.78 is 6.01. The average Bonchev–Trinajstić information content (AvgIpc) is 2.90. The summed E-state index contributed by atoms with van der Waals surface area (Å²) in [7, 11) is 0. The van der Waals surface area contributed by atoms with Crippen molar-refractivity contribution in [3.63, 3.8) is 0 Å². The summed E-state index contributed by atoms with van der Waals surface area (Å²) in [6, 6.07) is 17.8. The second-order valence-corrected chi connectivity index (χ2v) is 9.15. The zero-order chi connectivity index (χ0) is 27.2. The van der Waals surface area contributed by atoms with Gasteiger partial charge in [-0.05, 0) is 44.2 Å². The summed E-state index contributed by atoms with van der Waals surface area (Å²) in [5, 5.41) is 14.7. The molecule has 0 fully saturated rings. The quantitative estimate of drug-likeness (QED) is 0.193. The van der Waals surface area contributed by atoms with E-state index in [0.29, 0.717) is 12.8 Å². The van der Waals surface area contributed by atoms with Crippen LogP contribution in [0.25, 0.3) is 0 Å². The number of carbonyl (C=O) groups excluding carboxylic acids is 3. The maximum Gasteiger partial charge on any atom is 0.310 e. The lowest BCUT2D eigenvalue weighted by molar-refractivity contribution is -0.157. The van der Waals surface area contributed by atoms with Gasteiger partial charge >= 0.3 is 5.97 Å². The molecular formula is C30H38N2O5. The molecule has 7 heteroatoms. The molecular weight excluding hydrogens is 468 g/mol. The number of benzene rings is 2. The van der Waals surface area contributed by atoms with Gasteiger partial charge in [0.25, 0.3) is 0 Å². The minimum Gasteiger partial charge on any atom is -0.455 e. The van der Waals surface area contributed by atoms with Crippen molar-refractivity contribution < 1.29 is 24.2 Å². The molecule has 0 bridgehead atoms. The monoisotopic (exact) mass is 506 g/mol. The molecule has 1 unspecified atom stereocenters. The van der Waals surface area contributed by atoms with Gasteiger partial charge in [-0.2, -0.15) is 0 Å². The number of hydrogen-bond donors (Lipinski definition) is 3. The molecule has 0 saturated heterocycles. The number of ether oxygens (including phenoxy) is 1. The highest BCUT2D eigenvalue weighted by Gasteiger charge is 2.32. The largest absolute Gasteiger partial charge is 0.455 e. The Hall–Kier alpha value is -3.71. The number of amides is 2. The third kappa shape index (κ3) is 9.35. The summed E-state index contributed by atoms with van der Waals surface area (Å²) in [4.78, 5) is 39.1. The standard InChI is InChI=1S/C30H38N2O5/c1-5-13-25(19-23-15-9-7-10-16-23)30(36)37-27(24-17-11-8-12-18-24)22(4)32-29(35)26(14-6-2)28(34)31-21(3)20-33/h5-12,15-18,21-22,25-27,33H,1-2,13-14,19-20H2,3-4H3,(H,31,34)(H,32,35)/t21-,22+,25-,26?,27+/m0/s1. The first kappa shape index (κ1) is 29.5. The zero-order valence-electron chi connectivity index (χ0n) is 21.6. The molecule has 3 N–H and O–H groups in total. The van der Waals surface area contributed by atoms with Crippen molar-refractivity contribution in [1.29, 1.82) is 0 Å². The van der Waals surface area contributed by atoms with E-state index in [4.69, 9.17) is 4.74 Å². The fourth-order valence-corrected chi connectivity index (χ4v) is 3.98. The van der Waals surface area contributed by atoms with Gasteiger partial charge in [0, 0.05) is 6.04 Å². The predicted octanol–water partition coefficient (Wildman–Crippen LogP) is 3.90. The Morgan fingerprint density at radius 2 is 1.46 bits per heavy atom. The minimum absolute atomic E-state index is 0.122. The van der Waals surface area contributed by atoms with Crippen molar-refractivity contribution in [1.82, 2.24) is 10.6 Å². The van der Waals surface area contributed by atoms with Gasteiger partial charge in [0.1, 0.15) is 12.0 Å². The van der Waals surface area contributed by atoms with E-state index < -0.39 is 47.8 Å². The van der Waals surface area contributed by atoms with Crippen LogP contribution in [0.4, 0.5) is 0 Å². The molecule has 2 aromatic carbocycles. The molecule has 7 nitrogen and oxygen atoms in total. The molecule has 2 aromatic rings. The maximum absolute atomic E-state index is 13.3. The Bertz CT molecular complexity index is 1020. The van der Waals surface area contributed by atoms with Gasteiger partial charge in [-0.1, -0.05) is 72.8 Å². The van der Waals surface area contributed by atoms with Crippen molar-refractivity contribution >= 4 is 17.8 Å². The van der Waals surface area contributed by atoms with E-state index in [1.807, 2.05) is 60.7 Å². The first-order valence-corrected chi connectivity index (χ1v) is 12.5. The van der Waals surface area contributed by atoms with Gasteiger partial charge < -0.3 is 20.5 Å². The average molecular weight is 507 g/mol. The Labute approximate surface area is 219 Å². The molecule has 37 heavy (non-hydrogen) atoms. The SMILES string of the molecule is C=CCC(C(=O)N[C@@H](C)CO)C(=O)N[C@H](C)[C@@H](OC(=O)[C@@H](CC=C)Cc1ccccc1)c1ccccc1. The molecule has 0 aliphatic rings. The number of esters is 1. The Morgan fingerprint density at radius 3 is 2.03 bits per heavy atom. The fraction of sp³-hybridized carbons (Fsp3) is 0.367. The van der Waals surface area contributed by atoms with Crippen LogP contribution in [0.1, 0.15) is 43.9 Å². The van der Waals surface area contributed by atoms with Crippen LogP contribution in [-0.2, 0) is 25.5 Å². The van der Waals surface area contributed by atoms with Crippen LogP contribution < -0.4 is 10.6 Å². The molecule has 198 valence electrons. The van der Waals surface area contributed by atoms with Gasteiger partial charge in [0.2, 0.25) is 11.8 Å². The van der Waals surface area contributed by atoms with Crippen molar-refractivity contribution in [2.45, 2.75) is 51.3 Å². The number of aliphatic hydroxyl groups excluding tert-OH is 1. The Kier molecular flexibility index (Phi) is 12.3. The highest BCUT2D eigenvalue weighted by Crippen LogP contribution is 2.25. The molecule has 0 aliphatic heterocycles. The van der Waals surface area contributed by atoms with Crippen LogP contribution in [-0.4, -0.2) is 41.6 Å². The summed E-state index contributed by atoms with van der Waals surface area (Å²) in [5.41, 5.74) is 1.73. The van der Waals surface area contributed by atoms with Crippen LogP contribution in [0.5, 0.6) is 0 Å². The van der Waals surface area contributed by atoms with E-state index in [9.17, 15) is 19.5 Å². The van der Waals surface area contributed by atoms with E-state index in [1.165, 1.54) is 6.08 Å². The van der Waals surface area contributed by atoms with Gasteiger partial charge in [-0.3, -0.25) is 14.4 Å². The van der Waals surface area contributed by atoms with E-state index in [0.717, 1.165) is 11.1 Å². The Morgan fingerprint density at radius 1 is 0.892 bits per heavy atom. The first-order chi connectivity index (χ1) is 17.8. The third-order valence-corrected chi connectivity index (χ3v) is 6.00. The number of aliphatic hydroxyl groups is 1. The normalized spacial score (nSPS) is 14.8. The van der Waals surface area contributed by atoms with E-state index >= 15 is 0 Å². The zero-order valence-corrected chi connectivity index (χ0v) is 21.6. The van der Waals surface area contributed by atoms with Crippen molar-refractivity contribution in [3.05, 3.63) is 97.1 Å². The lowest BCUT2D eigenvalue weighted by Gasteiger charge is -2.28. The second kappa shape index (κ2) is 15.4. The molecule has 2 rings (SSSR count). The summed E-state index contributed by atoms with van der Waals surface area (Å²) in [5.74, 6) is -2.89. The topological polar surface area (TPSA) is 105 Å². The highest BCUT2D eigenvalue weighted by atomic mass is 16.5. The molecule has 0 heterocycles. The van der Waals surface area contributed by atoms with E-state index in [-0.39, 0.29) is 13.0 Å². The molecule has 0 aromatic heterocycles. The van der Waals surface area contributed by atoms with Crippen LogP contribution in [0, 0.1) is 11.8 Å². The molecule has 0 saturated carbocycles. The van der Waals surface area contributed by atoms with Gasteiger partial charge in [-0.25, -0.2) is 0 Å². The van der Waals surface area contributed by atoms with Gasteiger partial charge in [0.15, 0.2) is 0 Å². The predicted molar refractivity (Wildman–Crippen MR) is 144 cm³/mol. The minimum atomic E-state index is -1.03. The number of carbonyl (C=O) groups is 3. The Balaban J connectivity index is 2.23. The van der Waals surface area contributed by atoms with Crippen molar-refractivity contribution in [3.8, 4) is 0 Å². The van der Waals surface area contributed by atoms with Crippen LogP contribution in [0.2, 0.25) is 0 Å². The smallest absolute Gasteiger partial charge is 0.310 e. The number of allylic oxidation sites excluding steroid dienone is 2. The number of rotatable bonds is 15. The highest BCUT2D eigenvalue weighted by molar-refractivity contribution is 6.00. The third-order valence-electron chi connectivity index (χ3n) is 6.00. The van der Waals surface area contributed by atoms with Crippen molar-refractivity contribution in [2.75, 3.05) is 6.61 Å². The van der Waals surface area contributed by atoms with Crippen LogP contribution in [0.15, 0.2) is 86.0 Å². The van der Waals surface area contributed by atoms with E-state index in [2.05, 4.69) is 23.8 Å². The summed E-state index contributed by atoms with van der Waals surface area (Å²) in [6.07, 6.45) is 3.49. The molecule has 0 radical (unpaired) electrons. The molecule has 2 amide bonds. The summed E-state index contributed by atoms with van der Waals surface area (Å²) in [6.45, 7) is 10.6. The second-order valence-electron chi connectivity index (χ2n) is 9.15. The van der Waals surface area contributed by atoms with Gasteiger partial charge in [0.05, 0.1) is 18.6 Å². The van der Waals surface area contributed by atoms with Crippen LogP contribution >= 0.6 is 0 Å². The lowest BCUT2D eigenvalue weighted by atomic mass is 9.95. The lowest BCUT2D eigenvalue weighted by Crippen LogP contribution is -2.48. The maximum atomic E-state index is 13.3. The van der Waals surface area contributed by atoms with Gasteiger partial charge in [-0.15, -0.1) is 13.2 Å². The summed E-state index contributed by atoms with van der Waals surface area (Å²) >= 11 is 0. The van der Waals surface area contributed by atoms with Crippen LogP contribution in [0.3, 0.4) is 0 Å². The first-order valence-electron chi connectivity index (χ1n) is 12.5. The van der Waals surface area contributed by atoms with Crippen molar-refractivity contribution in [2.24, 2.45) is 11.8 Å².